The molecule has 1 amide bonds. The number of fused-ring (bicyclic) bond motifs is 3. The summed E-state index contributed by atoms with van der Waals surface area (Å²) in [5.74, 6) is 0.396. The van der Waals surface area contributed by atoms with Crippen LogP contribution in [-0.4, -0.2) is 24.0 Å². The van der Waals surface area contributed by atoms with Gasteiger partial charge in [-0.1, -0.05) is 30.0 Å². The molecule has 2 aromatic rings. The Balaban J connectivity index is 1.62. The van der Waals surface area contributed by atoms with Gasteiger partial charge in [0.1, 0.15) is 0 Å². The van der Waals surface area contributed by atoms with E-state index in [1.807, 2.05) is 37.3 Å². The summed E-state index contributed by atoms with van der Waals surface area (Å²) in [6, 6.07) is 13.0. The van der Waals surface area contributed by atoms with E-state index >= 15 is 0 Å². The number of nitrogens with zero attached hydrogens (tertiary/aromatic N) is 1. The van der Waals surface area contributed by atoms with E-state index in [2.05, 4.69) is 5.32 Å². The summed E-state index contributed by atoms with van der Waals surface area (Å²) in [6.45, 7) is 3.65. The molecule has 1 N–H and O–H groups in total. The minimum Gasteiger partial charge on any atom is -0.490 e. The highest BCUT2D eigenvalue weighted by atomic mass is 32.2. The Morgan fingerprint density at radius 2 is 2.07 bits per heavy atom. The van der Waals surface area contributed by atoms with Crippen molar-refractivity contribution in [3.05, 3.63) is 52.9 Å². The van der Waals surface area contributed by atoms with Gasteiger partial charge in [0.15, 0.2) is 17.0 Å². The molecule has 2 aliphatic rings. The van der Waals surface area contributed by atoms with Crippen LogP contribution in [0.25, 0.3) is 6.08 Å². The summed E-state index contributed by atoms with van der Waals surface area (Å²) < 4.78 is 10.7. The highest BCUT2D eigenvalue weighted by Crippen LogP contribution is 2.47. The second-order valence-corrected chi connectivity index (χ2v) is 7.17. The maximum Gasteiger partial charge on any atom is 0.308 e. The number of carbonyl (C=O) groups excluding carboxylic acids is 2. The lowest BCUT2D eigenvalue weighted by Crippen LogP contribution is -2.31. The minimum absolute atomic E-state index is 0.0375. The maximum atomic E-state index is 12.9. The summed E-state index contributed by atoms with van der Waals surface area (Å²) in [6.07, 6.45) is 1.83. The first kappa shape index (κ1) is 17.5. The third kappa shape index (κ3) is 3.26. The number of rotatable bonds is 4. The van der Waals surface area contributed by atoms with Crippen LogP contribution in [0.15, 0.2) is 47.4 Å². The van der Waals surface area contributed by atoms with Crippen molar-refractivity contribution in [3.63, 3.8) is 0 Å². The number of benzene rings is 2. The summed E-state index contributed by atoms with van der Waals surface area (Å²) in [7, 11) is 0. The molecule has 7 heteroatoms. The third-order valence-electron chi connectivity index (χ3n) is 4.16. The molecule has 0 bridgehead atoms. The zero-order chi connectivity index (χ0) is 19.0. The van der Waals surface area contributed by atoms with Crippen LogP contribution >= 0.6 is 11.8 Å². The average molecular weight is 382 g/mol. The van der Waals surface area contributed by atoms with Crippen LogP contribution in [0.5, 0.6) is 11.5 Å². The van der Waals surface area contributed by atoms with Crippen molar-refractivity contribution in [2.75, 3.05) is 16.8 Å². The monoisotopic (exact) mass is 382 g/mol. The fraction of sp³-hybridized carbons (Fsp3) is 0.200. The number of nitrogens with one attached hydrogen (secondary N) is 1. The molecule has 0 unspecified atom stereocenters. The van der Waals surface area contributed by atoms with E-state index in [0.29, 0.717) is 23.0 Å². The molecule has 0 aromatic heterocycles. The van der Waals surface area contributed by atoms with E-state index in [1.54, 1.807) is 23.1 Å². The lowest BCUT2D eigenvalue weighted by Gasteiger charge is -2.12. The van der Waals surface area contributed by atoms with Gasteiger partial charge in [0.05, 0.1) is 22.9 Å². The normalized spacial score (nSPS) is 18.9. The number of carbonyl (C=O) groups is 2. The van der Waals surface area contributed by atoms with Crippen molar-refractivity contribution in [2.24, 2.45) is 0 Å². The number of ether oxygens (including phenoxy) is 2. The van der Waals surface area contributed by atoms with Crippen LogP contribution in [0.4, 0.5) is 11.4 Å². The molecule has 2 heterocycles. The minimum atomic E-state index is -0.408. The molecule has 6 nitrogen and oxygen atoms in total. The summed E-state index contributed by atoms with van der Waals surface area (Å²) in [5.41, 5.74) is 2.53. The average Bonchev–Trinajstić information content (AvgIpc) is 3.14. The summed E-state index contributed by atoms with van der Waals surface area (Å²) in [5, 5.41) is 3.35. The molecular weight excluding hydrogens is 364 g/mol. The first-order valence-corrected chi connectivity index (χ1v) is 9.47. The standard InChI is InChI=1S/C20H18N2O4S/c1-3-25-17-10-13(8-9-16(17)26-12(2)23)11-18-19(24)22-15-7-5-4-6-14(15)21-20(22)27-18/h4-11,20-21H,3H2,1-2H3/b18-11-/t20-/m1/s1. The number of para-hydroxylation sites is 2. The van der Waals surface area contributed by atoms with Crippen LogP contribution in [0, 0.1) is 0 Å². The van der Waals surface area contributed by atoms with Gasteiger partial charge < -0.3 is 14.8 Å². The Bertz CT molecular complexity index is 957. The summed E-state index contributed by atoms with van der Waals surface area (Å²) in [4.78, 5) is 26.5. The van der Waals surface area contributed by atoms with Crippen molar-refractivity contribution in [2.45, 2.75) is 19.3 Å². The zero-order valence-corrected chi connectivity index (χ0v) is 15.7. The Kier molecular flexibility index (Phi) is 4.53. The number of hydrogen-bond acceptors (Lipinski definition) is 6. The fourth-order valence-corrected chi connectivity index (χ4v) is 4.23. The Hall–Kier alpha value is -2.93. The molecule has 1 saturated heterocycles. The van der Waals surface area contributed by atoms with Crippen LogP contribution < -0.4 is 19.7 Å². The van der Waals surface area contributed by atoms with Crippen molar-refractivity contribution >= 4 is 41.1 Å². The van der Waals surface area contributed by atoms with E-state index in [-0.39, 0.29) is 11.4 Å². The topological polar surface area (TPSA) is 67.9 Å². The van der Waals surface area contributed by atoms with E-state index in [0.717, 1.165) is 16.9 Å². The molecule has 0 aliphatic carbocycles. The second kappa shape index (κ2) is 7.00. The van der Waals surface area contributed by atoms with Crippen LogP contribution in [0.1, 0.15) is 19.4 Å². The first-order chi connectivity index (χ1) is 13.1. The van der Waals surface area contributed by atoms with Crippen molar-refractivity contribution in [1.82, 2.24) is 0 Å². The largest absolute Gasteiger partial charge is 0.490 e. The number of hydrogen-bond donors (Lipinski definition) is 1. The van der Waals surface area contributed by atoms with Crippen LogP contribution in [0.2, 0.25) is 0 Å². The lowest BCUT2D eigenvalue weighted by atomic mass is 10.1. The molecule has 138 valence electrons. The number of thioether (sulfide) groups is 1. The number of amides is 1. The molecule has 0 spiro atoms. The van der Waals surface area contributed by atoms with Crippen LogP contribution in [0.3, 0.4) is 0 Å². The van der Waals surface area contributed by atoms with Gasteiger partial charge >= 0.3 is 5.97 Å². The van der Waals surface area contributed by atoms with Crippen molar-refractivity contribution in [3.8, 4) is 11.5 Å². The maximum absolute atomic E-state index is 12.9. The van der Waals surface area contributed by atoms with Crippen molar-refractivity contribution in [1.29, 1.82) is 0 Å². The highest BCUT2D eigenvalue weighted by Gasteiger charge is 2.42. The predicted octanol–water partition coefficient (Wildman–Crippen LogP) is 3.84. The third-order valence-corrected chi connectivity index (χ3v) is 5.26. The Morgan fingerprint density at radius 1 is 1.26 bits per heavy atom. The Labute approximate surface area is 161 Å². The van der Waals surface area contributed by atoms with Gasteiger partial charge in [-0.25, -0.2) is 0 Å². The van der Waals surface area contributed by atoms with Gasteiger partial charge in [0.2, 0.25) is 0 Å². The highest BCUT2D eigenvalue weighted by molar-refractivity contribution is 8.05. The number of anilines is 2. The molecule has 4 rings (SSSR count). The first-order valence-electron chi connectivity index (χ1n) is 8.59. The second-order valence-electron chi connectivity index (χ2n) is 6.05. The van der Waals surface area contributed by atoms with E-state index in [4.69, 9.17) is 9.47 Å². The molecule has 27 heavy (non-hydrogen) atoms. The van der Waals surface area contributed by atoms with Crippen LogP contribution in [-0.2, 0) is 9.59 Å². The van der Waals surface area contributed by atoms with Gasteiger partial charge in [-0.05, 0) is 42.8 Å². The van der Waals surface area contributed by atoms with E-state index in [9.17, 15) is 9.59 Å². The Morgan fingerprint density at radius 3 is 2.85 bits per heavy atom. The SMILES string of the molecule is CCOc1cc(/C=C2\S[C@@H]3Nc4ccccc4N3C2=O)ccc1OC(C)=O. The lowest BCUT2D eigenvalue weighted by molar-refractivity contribution is -0.132. The molecule has 1 fully saturated rings. The molecular formula is C20H18N2O4S. The van der Waals surface area contributed by atoms with E-state index < -0.39 is 5.97 Å². The van der Waals surface area contributed by atoms with Gasteiger partial charge in [-0.15, -0.1) is 0 Å². The van der Waals surface area contributed by atoms with Gasteiger partial charge in [-0.2, -0.15) is 0 Å². The van der Waals surface area contributed by atoms with E-state index in [1.165, 1.54) is 18.7 Å². The molecule has 0 saturated carbocycles. The predicted molar refractivity (Wildman–Crippen MR) is 106 cm³/mol. The smallest absolute Gasteiger partial charge is 0.308 e. The quantitative estimate of drug-likeness (QED) is 0.492. The fourth-order valence-electron chi connectivity index (χ4n) is 3.09. The van der Waals surface area contributed by atoms with Crippen molar-refractivity contribution < 1.29 is 19.1 Å². The van der Waals surface area contributed by atoms with Gasteiger partial charge in [0, 0.05) is 6.92 Å². The zero-order valence-electron chi connectivity index (χ0n) is 14.9. The van der Waals surface area contributed by atoms with Gasteiger partial charge in [0.25, 0.3) is 5.91 Å². The molecule has 1 atom stereocenters. The molecule has 0 radical (unpaired) electrons. The van der Waals surface area contributed by atoms with Gasteiger partial charge in [-0.3, -0.25) is 14.5 Å². The summed E-state index contributed by atoms with van der Waals surface area (Å²) >= 11 is 1.48. The number of esters is 1. The molecule has 2 aliphatic heterocycles. The molecule has 2 aromatic carbocycles.